The summed E-state index contributed by atoms with van der Waals surface area (Å²) in [5.74, 6) is 0. The maximum Gasteiger partial charge on any atom is 0.153 e. The van der Waals surface area contributed by atoms with Crippen LogP contribution in [-0.2, 0) is 16.3 Å². The van der Waals surface area contributed by atoms with E-state index in [0.29, 0.717) is 19.3 Å². The van der Waals surface area contributed by atoms with Crippen molar-refractivity contribution in [1.29, 1.82) is 0 Å². The number of thiophene rings is 1. The van der Waals surface area contributed by atoms with Gasteiger partial charge in [0.1, 0.15) is 0 Å². The van der Waals surface area contributed by atoms with Crippen molar-refractivity contribution in [3.63, 3.8) is 0 Å². The molecule has 0 radical (unpaired) electrons. The van der Waals surface area contributed by atoms with Crippen LogP contribution in [0.25, 0.3) is 10.1 Å². The number of fused-ring (bicyclic) bond motifs is 1. The molecule has 2 atom stereocenters. The van der Waals surface area contributed by atoms with Crippen LogP contribution in [0.3, 0.4) is 0 Å². The second-order valence-corrected chi connectivity index (χ2v) is 8.89. The molecule has 108 valence electrons. The summed E-state index contributed by atoms with van der Waals surface area (Å²) in [5, 5.41) is 13.4. The molecular formula is C15H18O3S2. The lowest BCUT2D eigenvalue weighted by molar-refractivity contribution is 0.0517. The van der Waals surface area contributed by atoms with Gasteiger partial charge in [-0.15, -0.1) is 11.3 Å². The Kier molecular flexibility index (Phi) is 3.39. The largest absolute Gasteiger partial charge is 0.388 e. The van der Waals surface area contributed by atoms with Gasteiger partial charge in [-0.3, -0.25) is 0 Å². The predicted molar refractivity (Wildman–Crippen MR) is 83.0 cm³/mol. The maximum atomic E-state index is 11.9. The average Bonchev–Trinajstić information content (AvgIpc) is 2.94. The fraction of sp³-hybridized carbons (Fsp3) is 0.467. The molecule has 1 fully saturated rings. The molecule has 1 aromatic heterocycles. The Morgan fingerprint density at radius 1 is 1.40 bits per heavy atom. The van der Waals surface area contributed by atoms with Crippen LogP contribution >= 0.6 is 11.3 Å². The number of benzene rings is 1. The van der Waals surface area contributed by atoms with Crippen molar-refractivity contribution in [3.8, 4) is 0 Å². The zero-order valence-electron chi connectivity index (χ0n) is 11.4. The number of hydrogen-bond acceptors (Lipinski definition) is 4. The predicted octanol–water partition coefficient (Wildman–Crippen LogP) is 2.77. The Balaban J connectivity index is 1.97. The van der Waals surface area contributed by atoms with Crippen LogP contribution in [0.15, 0.2) is 29.6 Å². The van der Waals surface area contributed by atoms with E-state index in [1.807, 2.05) is 23.6 Å². The molecule has 1 aliphatic carbocycles. The summed E-state index contributed by atoms with van der Waals surface area (Å²) in [6.07, 6.45) is 3.57. The number of aliphatic hydroxyl groups is 1. The molecule has 0 amide bonds. The Morgan fingerprint density at radius 3 is 2.90 bits per heavy atom. The molecule has 3 nitrogen and oxygen atoms in total. The molecule has 3 rings (SSSR count). The van der Waals surface area contributed by atoms with Gasteiger partial charge >= 0.3 is 0 Å². The summed E-state index contributed by atoms with van der Waals surface area (Å²) in [7, 11) is -3.21. The summed E-state index contributed by atoms with van der Waals surface area (Å²) in [6, 6.07) is 8.06. The lowest BCUT2D eigenvalue weighted by Gasteiger charge is -2.28. The molecule has 0 spiro atoms. The Labute approximate surface area is 123 Å². The quantitative estimate of drug-likeness (QED) is 0.948. The van der Waals surface area contributed by atoms with Crippen molar-refractivity contribution < 1.29 is 13.5 Å². The van der Waals surface area contributed by atoms with E-state index >= 15 is 0 Å². The van der Waals surface area contributed by atoms with E-state index in [-0.39, 0.29) is 0 Å². The maximum absolute atomic E-state index is 11.9. The van der Waals surface area contributed by atoms with Gasteiger partial charge in [-0.2, -0.15) is 0 Å². The van der Waals surface area contributed by atoms with Gasteiger partial charge < -0.3 is 5.11 Å². The minimum atomic E-state index is -3.21. The van der Waals surface area contributed by atoms with Crippen LogP contribution in [0.2, 0.25) is 0 Å². The van der Waals surface area contributed by atoms with Gasteiger partial charge in [-0.1, -0.05) is 18.2 Å². The number of hydrogen-bond donors (Lipinski definition) is 1. The van der Waals surface area contributed by atoms with Gasteiger partial charge in [0.15, 0.2) is 9.84 Å². The third kappa shape index (κ3) is 2.38. The lowest BCUT2D eigenvalue weighted by atomic mass is 9.92. The van der Waals surface area contributed by atoms with E-state index in [9.17, 15) is 13.5 Å². The van der Waals surface area contributed by atoms with E-state index in [2.05, 4.69) is 6.07 Å². The summed E-state index contributed by atoms with van der Waals surface area (Å²) in [4.78, 5) is 0. The van der Waals surface area contributed by atoms with Crippen molar-refractivity contribution in [2.24, 2.45) is 0 Å². The van der Waals surface area contributed by atoms with Crippen LogP contribution < -0.4 is 0 Å². The summed E-state index contributed by atoms with van der Waals surface area (Å²) >= 11 is 1.64. The third-order valence-electron chi connectivity index (χ3n) is 4.25. The number of rotatable bonds is 3. The first-order valence-electron chi connectivity index (χ1n) is 6.76. The van der Waals surface area contributed by atoms with Crippen molar-refractivity contribution in [2.45, 2.75) is 36.5 Å². The lowest BCUT2D eigenvalue weighted by Crippen LogP contribution is -2.44. The first-order chi connectivity index (χ1) is 9.40. The van der Waals surface area contributed by atoms with Gasteiger partial charge in [0.25, 0.3) is 0 Å². The van der Waals surface area contributed by atoms with Crippen LogP contribution in [-0.4, -0.2) is 30.6 Å². The van der Waals surface area contributed by atoms with E-state index in [1.54, 1.807) is 11.3 Å². The highest BCUT2D eigenvalue weighted by molar-refractivity contribution is 7.91. The van der Waals surface area contributed by atoms with Gasteiger partial charge in [-0.05, 0) is 41.7 Å². The molecule has 0 aliphatic heterocycles. The van der Waals surface area contributed by atoms with Crippen molar-refractivity contribution in [2.75, 3.05) is 6.26 Å². The molecular weight excluding hydrogens is 292 g/mol. The zero-order chi connectivity index (χ0) is 14.4. The molecule has 1 heterocycles. The average molecular weight is 310 g/mol. The van der Waals surface area contributed by atoms with E-state index < -0.39 is 20.7 Å². The number of sulfone groups is 1. The molecule has 1 saturated carbocycles. The molecule has 0 saturated heterocycles. The summed E-state index contributed by atoms with van der Waals surface area (Å²) < 4.78 is 24.9. The molecule has 0 bridgehead atoms. The third-order valence-corrected chi connectivity index (χ3v) is 6.97. The first-order valence-corrected chi connectivity index (χ1v) is 9.60. The first kappa shape index (κ1) is 14.0. The van der Waals surface area contributed by atoms with E-state index in [1.165, 1.54) is 11.0 Å². The second kappa shape index (κ2) is 4.83. The summed E-state index contributed by atoms with van der Waals surface area (Å²) in [5.41, 5.74) is -0.0547. The fourth-order valence-corrected chi connectivity index (χ4v) is 5.89. The molecule has 1 aromatic carbocycles. The van der Waals surface area contributed by atoms with Gasteiger partial charge in [0.2, 0.25) is 0 Å². The molecule has 2 aromatic rings. The van der Waals surface area contributed by atoms with Crippen LogP contribution in [0.1, 0.15) is 24.8 Å². The van der Waals surface area contributed by atoms with Crippen molar-refractivity contribution in [1.82, 2.24) is 0 Å². The van der Waals surface area contributed by atoms with Crippen LogP contribution in [0, 0.1) is 0 Å². The standard InChI is InChI=1S/C15H18O3S2/c1-20(17,18)14-7-4-8-15(14,16)9-11-10-19-13-6-3-2-5-12(11)13/h2-3,5-6,10,14,16H,4,7-9H2,1H3. The van der Waals surface area contributed by atoms with Crippen LogP contribution in [0.5, 0.6) is 0 Å². The Bertz CT molecular complexity index is 732. The second-order valence-electron chi connectivity index (χ2n) is 5.75. The Hall–Kier alpha value is -0.910. The van der Waals surface area contributed by atoms with Gasteiger partial charge in [-0.25, -0.2) is 8.42 Å². The van der Waals surface area contributed by atoms with Gasteiger partial charge in [0.05, 0.1) is 10.9 Å². The minimum Gasteiger partial charge on any atom is -0.388 e. The van der Waals surface area contributed by atoms with Gasteiger partial charge in [0, 0.05) is 17.4 Å². The molecule has 5 heteroatoms. The fourth-order valence-electron chi connectivity index (χ4n) is 3.34. The molecule has 2 unspecified atom stereocenters. The van der Waals surface area contributed by atoms with E-state index in [4.69, 9.17) is 0 Å². The monoisotopic (exact) mass is 310 g/mol. The summed E-state index contributed by atoms with van der Waals surface area (Å²) in [6.45, 7) is 0. The zero-order valence-corrected chi connectivity index (χ0v) is 13.0. The van der Waals surface area contributed by atoms with Crippen LogP contribution in [0.4, 0.5) is 0 Å². The SMILES string of the molecule is CS(=O)(=O)C1CCCC1(O)Cc1csc2ccccc12. The van der Waals surface area contributed by atoms with Crippen molar-refractivity contribution >= 4 is 31.3 Å². The Morgan fingerprint density at radius 2 is 2.15 bits per heavy atom. The highest BCUT2D eigenvalue weighted by atomic mass is 32.2. The van der Waals surface area contributed by atoms with E-state index in [0.717, 1.165) is 17.4 Å². The molecule has 20 heavy (non-hydrogen) atoms. The topological polar surface area (TPSA) is 54.4 Å². The smallest absolute Gasteiger partial charge is 0.153 e. The highest BCUT2D eigenvalue weighted by Gasteiger charge is 2.46. The highest BCUT2D eigenvalue weighted by Crippen LogP contribution is 2.39. The molecule has 1 N–H and O–H groups in total. The molecule has 1 aliphatic rings. The van der Waals surface area contributed by atoms with Crippen molar-refractivity contribution in [3.05, 3.63) is 35.2 Å². The normalized spacial score (nSPS) is 27.2. The minimum absolute atomic E-state index is 0.425.